The molecule has 0 aliphatic heterocycles. The summed E-state index contributed by atoms with van der Waals surface area (Å²) in [4.78, 5) is 4.33. The van der Waals surface area contributed by atoms with Gasteiger partial charge in [-0.15, -0.1) is 0 Å². The first-order chi connectivity index (χ1) is 9.36. The van der Waals surface area contributed by atoms with Gasteiger partial charge < -0.3 is 19.5 Å². The Morgan fingerprint density at radius 1 is 1.11 bits per heavy atom. The summed E-state index contributed by atoms with van der Waals surface area (Å²) in [5.41, 5.74) is 2.12. The van der Waals surface area contributed by atoms with Gasteiger partial charge in [0.25, 0.3) is 0 Å². The number of hydrogen-bond donors (Lipinski definition) is 1. The fraction of sp³-hybridized carbons (Fsp3) is 0.643. The molecule has 5 heteroatoms. The smallest absolute Gasteiger partial charge is 0.0889 e. The van der Waals surface area contributed by atoms with Crippen LogP contribution in [0.4, 0.5) is 0 Å². The van der Waals surface area contributed by atoms with Crippen molar-refractivity contribution in [3.63, 3.8) is 0 Å². The van der Waals surface area contributed by atoms with Crippen molar-refractivity contribution in [3.8, 4) is 0 Å². The van der Waals surface area contributed by atoms with E-state index in [1.165, 1.54) is 5.56 Å². The van der Waals surface area contributed by atoms with Crippen molar-refractivity contribution in [3.05, 3.63) is 29.6 Å². The largest absolute Gasteiger partial charge is 0.385 e. The summed E-state index contributed by atoms with van der Waals surface area (Å²) in [7, 11) is 3.61. The van der Waals surface area contributed by atoms with E-state index in [4.69, 9.17) is 14.2 Å². The summed E-state index contributed by atoms with van der Waals surface area (Å²) in [6.07, 6.45) is 2.79. The molecule has 1 heterocycles. The Morgan fingerprint density at radius 3 is 2.63 bits per heavy atom. The minimum atomic E-state index is 0.529. The van der Waals surface area contributed by atoms with Gasteiger partial charge in [-0.2, -0.15) is 0 Å². The number of ether oxygens (including phenoxy) is 3. The van der Waals surface area contributed by atoms with E-state index in [2.05, 4.69) is 16.4 Å². The van der Waals surface area contributed by atoms with Gasteiger partial charge in [0.05, 0.1) is 25.5 Å². The number of methoxy groups -OCH3 is 1. The first-order valence-corrected chi connectivity index (χ1v) is 6.59. The standard InChI is InChI=1S/C14H24N2O3/c1-15-10-13-4-5-14(16-11-13)12-19-9-8-18-7-3-6-17-2/h4-5,11,15H,3,6-10,12H2,1-2H3. The average Bonchev–Trinajstić information content (AvgIpc) is 2.44. The Labute approximate surface area is 115 Å². The summed E-state index contributed by atoms with van der Waals surface area (Å²) in [6, 6.07) is 4.05. The van der Waals surface area contributed by atoms with Crippen molar-refractivity contribution in [1.29, 1.82) is 0 Å². The zero-order valence-electron chi connectivity index (χ0n) is 11.9. The van der Waals surface area contributed by atoms with E-state index < -0.39 is 0 Å². The molecule has 108 valence electrons. The molecule has 0 saturated heterocycles. The first-order valence-electron chi connectivity index (χ1n) is 6.59. The molecule has 5 nitrogen and oxygen atoms in total. The van der Waals surface area contributed by atoms with E-state index in [9.17, 15) is 0 Å². The van der Waals surface area contributed by atoms with Gasteiger partial charge in [0.2, 0.25) is 0 Å². The monoisotopic (exact) mass is 268 g/mol. The molecule has 0 spiro atoms. The maximum absolute atomic E-state index is 5.49. The summed E-state index contributed by atoms with van der Waals surface area (Å²) in [5, 5.41) is 3.09. The Bertz CT molecular complexity index is 317. The third kappa shape index (κ3) is 7.89. The molecule has 19 heavy (non-hydrogen) atoms. The van der Waals surface area contributed by atoms with Gasteiger partial charge >= 0.3 is 0 Å². The second-order valence-corrected chi connectivity index (χ2v) is 4.20. The SMILES string of the molecule is CNCc1ccc(COCCOCCCOC)nc1. The lowest BCUT2D eigenvalue weighted by Gasteiger charge is -2.06. The van der Waals surface area contributed by atoms with E-state index in [0.29, 0.717) is 26.4 Å². The zero-order chi connectivity index (χ0) is 13.8. The van der Waals surface area contributed by atoms with Crippen molar-refractivity contribution >= 4 is 0 Å². The topological polar surface area (TPSA) is 52.6 Å². The molecule has 0 unspecified atom stereocenters. The molecule has 1 rings (SSSR count). The Morgan fingerprint density at radius 2 is 1.95 bits per heavy atom. The highest BCUT2D eigenvalue weighted by Crippen LogP contribution is 2.01. The summed E-state index contributed by atoms with van der Waals surface area (Å²) in [5.74, 6) is 0. The highest BCUT2D eigenvalue weighted by atomic mass is 16.5. The van der Waals surface area contributed by atoms with Crippen LogP contribution in [-0.4, -0.2) is 45.6 Å². The van der Waals surface area contributed by atoms with Crippen LogP contribution in [0.5, 0.6) is 0 Å². The highest BCUT2D eigenvalue weighted by Gasteiger charge is 1.96. The molecule has 0 bridgehead atoms. The number of nitrogens with zero attached hydrogens (tertiary/aromatic N) is 1. The molecule has 1 aromatic heterocycles. The van der Waals surface area contributed by atoms with Crippen molar-refractivity contribution in [2.45, 2.75) is 19.6 Å². The second-order valence-electron chi connectivity index (χ2n) is 4.20. The molecule has 1 aromatic rings. The third-order valence-electron chi connectivity index (χ3n) is 2.53. The zero-order valence-corrected chi connectivity index (χ0v) is 11.9. The van der Waals surface area contributed by atoms with E-state index in [1.54, 1.807) is 7.11 Å². The summed E-state index contributed by atoms with van der Waals surface area (Å²) >= 11 is 0. The molecule has 0 radical (unpaired) electrons. The van der Waals surface area contributed by atoms with Crippen LogP contribution < -0.4 is 5.32 Å². The van der Waals surface area contributed by atoms with Crippen LogP contribution in [0.2, 0.25) is 0 Å². The lowest BCUT2D eigenvalue weighted by atomic mass is 10.2. The Hall–Kier alpha value is -1.01. The predicted octanol–water partition coefficient (Wildman–Crippen LogP) is 1.37. The molecule has 0 saturated carbocycles. The molecular formula is C14H24N2O3. The molecule has 0 aromatic carbocycles. The number of pyridine rings is 1. The number of hydrogen-bond acceptors (Lipinski definition) is 5. The normalized spacial score (nSPS) is 10.8. The minimum Gasteiger partial charge on any atom is -0.385 e. The minimum absolute atomic E-state index is 0.529. The quantitative estimate of drug-likeness (QED) is 0.614. The summed E-state index contributed by atoms with van der Waals surface area (Å²) < 4.78 is 15.8. The van der Waals surface area contributed by atoms with Crippen LogP contribution in [-0.2, 0) is 27.4 Å². The van der Waals surface area contributed by atoms with Gasteiger partial charge in [-0.25, -0.2) is 0 Å². The van der Waals surface area contributed by atoms with Crippen molar-refractivity contribution < 1.29 is 14.2 Å². The van der Waals surface area contributed by atoms with Crippen LogP contribution in [0.25, 0.3) is 0 Å². The molecule has 0 amide bonds. The maximum Gasteiger partial charge on any atom is 0.0889 e. The van der Waals surface area contributed by atoms with Crippen LogP contribution in [0.1, 0.15) is 17.7 Å². The van der Waals surface area contributed by atoms with E-state index in [0.717, 1.165) is 25.3 Å². The van der Waals surface area contributed by atoms with Crippen LogP contribution >= 0.6 is 0 Å². The highest BCUT2D eigenvalue weighted by molar-refractivity contribution is 5.13. The predicted molar refractivity (Wildman–Crippen MR) is 74.0 cm³/mol. The van der Waals surface area contributed by atoms with Crippen LogP contribution in [0.3, 0.4) is 0 Å². The Balaban J connectivity index is 2.02. The van der Waals surface area contributed by atoms with Gasteiger partial charge in [0.15, 0.2) is 0 Å². The lowest BCUT2D eigenvalue weighted by molar-refractivity contribution is 0.0327. The molecule has 0 aliphatic carbocycles. The first kappa shape index (κ1) is 16.0. The number of rotatable bonds is 11. The van der Waals surface area contributed by atoms with Crippen LogP contribution in [0, 0.1) is 0 Å². The Kier molecular flexibility index (Phi) is 9.18. The fourth-order valence-electron chi connectivity index (χ4n) is 1.55. The van der Waals surface area contributed by atoms with Gasteiger partial charge in [-0.1, -0.05) is 6.07 Å². The fourth-order valence-corrected chi connectivity index (χ4v) is 1.55. The van der Waals surface area contributed by atoms with Gasteiger partial charge in [-0.05, 0) is 25.1 Å². The molecule has 0 aliphatic rings. The van der Waals surface area contributed by atoms with Crippen molar-refractivity contribution in [2.75, 3.05) is 40.6 Å². The van der Waals surface area contributed by atoms with E-state index in [1.807, 2.05) is 19.3 Å². The van der Waals surface area contributed by atoms with Gasteiger partial charge in [0, 0.05) is 33.1 Å². The maximum atomic E-state index is 5.49. The van der Waals surface area contributed by atoms with Gasteiger partial charge in [-0.3, -0.25) is 4.98 Å². The van der Waals surface area contributed by atoms with Crippen molar-refractivity contribution in [2.24, 2.45) is 0 Å². The molecular weight excluding hydrogens is 244 g/mol. The number of aromatic nitrogens is 1. The van der Waals surface area contributed by atoms with E-state index in [-0.39, 0.29) is 0 Å². The number of nitrogens with one attached hydrogen (secondary N) is 1. The lowest BCUT2D eigenvalue weighted by Crippen LogP contribution is -2.08. The van der Waals surface area contributed by atoms with Crippen LogP contribution in [0.15, 0.2) is 18.3 Å². The van der Waals surface area contributed by atoms with Gasteiger partial charge in [0.1, 0.15) is 0 Å². The molecule has 0 fully saturated rings. The molecule has 0 atom stereocenters. The second kappa shape index (κ2) is 10.9. The van der Waals surface area contributed by atoms with Crippen molar-refractivity contribution in [1.82, 2.24) is 10.3 Å². The average molecular weight is 268 g/mol. The summed E-state index contributed by atoms with van der Waals surface area (Å²) in [6.45, 7) is 4.02. The van der Waals surface area contributed by atoms with E-state index >= 15 is 0 Å². The third-order valence-corrected chi connectivity index (χ3v) is 2.53. The molecule has 1 N–H and O–H groups in total.